The highest BCUT2D eigenvalue weighted by molar-refractivity contribution is 5.76. The van der Waals surface area contributed by atoms with Crippen molar-refractivity contribution in [2.45, 2.75) is 19.5 Å². The predicted molar refractivity (Wildman–Crippen MR) is 130 cm³/mol. The van der Waals surface area contributed by atoms with Gasteiger partial charge >= 0.3 is 0 Å². The van der Waals surface area contributed by atoms with E-state index in [1.54, 1.807) is 11.0 Å². The Kier molecular flexibility index (Phi) is 6.49. The van der Waals surface area contributed by atoms with Gasteiger partial charge in [0.1, 0.15) is 6.54 Å². The zero-order valence-corrected chi connectivity index (χ0v) is 19.4. The van der Waals surface area contributed by atoms with Crippen LogP contribution in [-0.2, 0) is 11.3 Å². The number of benzene rings is 2. The number of hydrogen-bond acceptors (Lipinski definition) is 7. The first-order valence-corrected chi connectivity index (χ1v) is 11.6. The van der Waals surface area contributed by atoms with Gasteiger partial charge in [-0.25, -0.2) is 4.68 Å². The van der Waals surface area contributed by atoms with Crippen LogP contribution in [0.5, 0.6) is 0 Å². The van der Waals surface area contributed by atoms with E-state index >= 15 is 0 Å². The molecule has 9 heteroatoms. The second-order valence-electron chi connectivity index (χ2n) is 8.50. The average molecular weight is 471 g/mol. The summed E-state index contributed by atoms with van der Waals surface area (Å²) in [5.41, 5.74) is 2.17. The van der Waals surface area contributed by atoms with E-state index in [0.717, 1.165) is 11.1 Å². The molecule has 0 spiro atoms. The van der Waals surface area contributed by atoms with Crippen molar-refractivity contribution in [2.75, 3.05) is 26.2 Å². The monoisotopic (exact) mass is 470 g/mol. The fourth-order valence-electron chi connectivity index (χ4n) is 4.18. The Hall–Kier alpha value is -4.11. The average Bonchev–Trinajstić information content (AvgIpc) is 3.41. The van der Waals surface area contributed by atoms with E-state index in [2.05, 4.69) is 20.1 Å². The summed E-state index contributed by atoms with van der Waals surface area (Å²) in [6, 6.07) is 22.4. The minimum atomic E-state index is -0.295. The van der Waals surface area contributed by atoms with Gasteiger partial charge in [-0.3, -0.25) is 14.5 Å². The van der Waals surface area contributed by atoms with Gasteiger partial charge in [0, 0.05) is 43.4 Å². The summed E-state index contributed by atoms with van der Waals surface area (Å²) in [6.07, 6.45) is 0. The van der Waals surface area contributed by atoms with Gasteiger partial charge in [0.25, 0.3) is 5.56 Å². The summed E-state index contributed by atoms with van der Waals surface area (Å²) in [4.78, 5) is 33.8. The van der Waals surface area contributed by atoms with E-state index in [-0.39, 0.29) is 24.1 Å². The first kappa shape index (κ1) is 22.7. The van der Waals surface area contributed by atoms with Crippen molar-refractivity contribution in [2.24, 2.45) is 0 Å². The molecule has 1 aliphatic rings. The Morgan fingerprint density at radius 2 is 1.57 bits per heavy atom. The van der Waals surface area contributed by atoms with Crippen LogP contribution < -0.4 is 5.56 Å². The van der Waals surface area contributed by atoms with Crippen molar-refractivity contribution in [3.8, 4) is 22.6 Å². The number of carbonyl (C=O) groups excluding carboxylic acids is 1. The lowest BCUT2D eigenvalue weighted by Gasteiger charge is -2.36. The van der Waals surface area contributed by atoms with Gasteiger partial charge in [0.05, 0.1) is 11.7 Å². The molecule has 5 rings (SSSR count). The van der Waals surface area contributed by atoms with Gasteiger partial charge in [-0.05, 0) is 13.0 Å². The maximum Gasteiger partial charge on any atom is 0.267 e. The second-order valence-corrected chi connectivity index (χ2v) is 8.50. The van der Waals surface area contributed by atoms with Crippen LogP contribution in [-0.4, -0.2) is 61.8 Å². The lowest BCUT2D eigenvalue weighted by Crippen LogP contribution is -2.50. The van der Waals surface area contributed by atoms with Gasteiger partial charge in [-0.2, -0.15) is 10.1 Å². The molecule has 1 atom stereocenters. The molecule has 178 valence electrons. The maximum atomic E-state index is 12.9. The van der Waals surface area contributed by atoms with Crippen LogP contribution in [0.25, 0.3) is 22.6 Å². The lowest BCUT2D eigenvalue weighted by atomic mass is 10.1. The molecule has 1 fully saturated rings. The number of hydrogen-bond donors (Lipinski definition) is 0. The molecular formula is C26H26N6O3. The first-order chi connectivity index (χ1) is 17.1. The highest BCUT2D eigenvalue weighted by Crippen LogP contribution is 2.23. The molecule has 0 aliphatic carbocycles. The van der Waals surface area contributed by atoms with Crippen molar-refractivity contribution in [1.29, 1.82) is 0 Å². The minimum Gasteiger partial charge on any atom is -0.339 e. The predicted octanol–water partition coefficient (Wildman–Crippen LogP) is 2.87. The van der Waals surface area contributed by atoms with Gasteiger partial charge in [-0.15, -0.1) is 0 Å². The molecule has 1 unspecified atom stereocenters. The van der Waals surface area contributed by atoms with Crippen molar-refractivity contribution in [3.05, 3.63) is 89.0 Å². The molecule has 1 saturated heterocycles. The first-order valence-electron chi connectivity index (χ1n) is 11.6. The summed E-state index contributed by atoms with van der Waals surface area (Å²) in [5.74, 6) is 0.996. The van der Waals surface area contributed by atoms with Crippen molar-refractivity contribution in [1.82, 2.24) is 29.7 Å². The Morgan fingerprint density at radius 1 is 0.914 bits per heavy atom. The molecule has 2 aromatic carbocycles. The maximum absolute atomic E-state index is 12.9. The summed E-state index contributed by atoms with van der Waals surface area (Å²) in [6.45, 7) is 4.38. The second kappa shape index (κ2) is 10.0. The van der Waals surface area contributed by atoms with E-state index in [1.807, 2.05) is 67.6 Å². The molecule has 3 heterocycles. The number of amides is 1. The Balaban J connectivity index is 1.20. The van der Waals surface area contributed by atoms with E-state index in [1.165, 1.54) is 10.7 Å². The molecule has 35 heavy (non-hydrogen) atoms. The van der Waals surface area contributed by atoms with Crippen LogP contribution in [0.15, 0.2) is 82.1 Å². The fraction of sp³-hybridized carbons (Fsp3) is 0.269. The molecule has 1 amide bonds. The third-order valence-electron chi connectivity index (χ3n) is 6.27. The van der Waals surface area contributed by atoms with Crippen molar-refractivity contribution < 1.29 is 9.32 Å². The quantitative estimate of drug-likeness (QED) is 0.427. The summed E-state index contributed by atoms with van der Waals surface area (Å²) in [5, 5.41) is 8.52. The van der Waals surface area contributed by atoms with Crippen LogP contribution in [0, 0.1) is 0 Å². The minimum absolute atomic E-state index is 0.0657. The van der Waals surface area contributed by atoms with Gasteiger partial charge in [0.2, 0.25) is 17.6 Å². The molecular weight excluding hydrogens is 444 g/mol. The molecule has 1 aliphatic heterocycles. The van der Waals surface area contributed by atoms with Gasteiger partial charge < -0.3 is 9.42 Å². The van der Waals surface area contributed by atoms with Gasteiger partial charge in [-0.1, -0.05) is 65.8 Å². The van der Waals surface area contributed by atoms with Crippen LogP contribution in [0.3, 0.4) is 0 Å². The molecule has 0 N–H and O–H groups in total. The molecule has 0 bridgehead atoms. The third kappa shape index (κ3) is 5.04. The normalized spacial score (nSPS) is 15.2. The highest BCUT2D eigenvalue weighted by atomic mass is 16.5. The summed E-state index contributed by atoms with van der Waals surface area (Å²) >= 11 is 0. The van der Waals surface area contributed by atoms with Crippen molar-refractivity contribution in [3.63, 3.8) is 0 Å². The summed E-state index contributed by atoms with van der Waals surface area (Å²) < 4.78 is 6.76. The molecule has 2 aromatic heterocycles. The van der Waals surface area contributed by atoms with E-state index in [9.17, 15) is 9.59 Å². The SMILES string of the molecule is CC(c1nc(-c2ccccc2)no1)N1CCN(C(=O)Cn2nc(-c3ccccc3)ccc2=O)CC1. The molecule has 0 radical (unpaired) electrons. The topological polar surface area (TPSA) is 97.4 Å². The highest BCUT2D eigenvalue weighted by Gasteiger charge is 2.28. The van der Waals surface area contributed by atoms with Crippen LogP contribution in [0.1, 0.15) is 18.9 Å². The largest absolute Gasteiger partial charge is 0.339 e. The van der Waals surface area contributed by atoms with Crippen LogP contribution >= 0.6 is 0 Å². The number of nitrogens with zero attached hydrogens (tertiary/aromatic N) is 6. The van der Waals surface area contributed by atoms with E-state index in [4.69, 9.17) is 4.52 Å². The number of piperazine rings is 1. The zero-order chi connectivity index (χ0) is 24.2. The number of carbonyl (C=O) groups is 1. The van der Waals surface area contributed by atoms with E-state index < -0.39 is 0 Å². The third-order valence-corrected chi connectivity index (χ3v) is 6.27. The Morgan fingerprint density at radius 3 is 2.26 bits per heavy atom. The fourth-order valence-corrected chi connectivity index (χ4v) is 4.18. The lowest BCUT2D eigenvalue weighted by molar-refractivity contribution is -0.134. The molecule has 9 nitrogen and oxygen atoms in total. The molecule has 4 aromatic rings. The number of aromatic nitrogens is 4. The zero-order valence-electron chi connectivity index (χ0n) is 19.4. The summed E-state index contributed by atoms with van der Waals surface area (Å²) in [7, 11) is 0. The Labute approximate surface area is 202 Å². The van der Waals surface area contributed by atoms with Gasteiger partial charge in [0.15, 0.2) is 0 Å². The number of rotatable bonds is 6. The van der Waals surface area contributed by atoms with Crippen molar-refractivity contribution >= 4 is 5.91 Å². The standard InChI is InChI=1S/C26H26N6O3/c1-19(26-27-25(29-35-26)21-10-6-3-7-11-21)30-14-16-31(17-15-30)24(34)18-32-23(33)13-12-22(28-32)20-8-4-2-5-9-20/h2-13,19H,14-18H2,1H3. The van der Waals surface area contributed by atoms with E-state index in [0.29, 0.717) is 43.6 Å². The smallest absolute Gasteiger partial charge is 0.267 e. The molecule has 0 saturated carbocycles. The Bertz CT molecular complexity index is 1340. The van der Waals surface area contributed by atoms with Crippen LogP contribution in [0.2, 0.25) is 0 Å². The van der Waals surface area contributed by atoms with Crippen LogP contribution in [0.4, 0.5) is 0 Å².